The smallest absolute Gasteiger partial charge is 0.446 e. The van der Waals surface area contributed by atoms with Crippen molar-refractivity contribution in [2.45, 2.75) is 43.6 Å². The lowest BCUT2D eigenvalue weighted by Crippen LogP contribution is -2.24. The first-order valence-electron chi connectivity index (χ1n) is 8.89. The fourth-order valence-electron chi connectivity index (χ4n) is 2.94. The molecule has 0 saturated heterocycles. The molecule has 2 aromatic heterocycles. The zero-order valence-electron chi connectivity index (χ0n) is 16.1. The van der Waals surface area contributed by atoms with Crippen LogP contribution in [0.15, 0.2) is 52.3 Å². The van der Waals surface area contributed by atoms with Gasteiger partial charge in [0.15, 0.2) is 0 Å². The maximum atomic E-state index is 12.9. The predicted molar refractivity (Wildman–Crippen MR) is 106 cm³/mol. The number of imidazole rings is 1. The number of benzene rings is 1. The van der Waals surface area contributed by atoms with Crippen LogP contribution in [0.25, 0.3) is 5.69 Å². The van der Waals surface area contributed by atoms with E-state index in [9.17, 15) is 23.1 Å². The predicted octanol–water partition coefficient (Wildman–Crippen LogP) is 4.83. The first kappa shape index (κ1) is 21.0. The monoisotopic (exact) mass is 423 g/mol. The molecule has 0 atom stereocenters. The van der Waals surface area contributed by atoms with E-state index in [4.69, 9.17) is 0 Å². The summed E-state index contributed by atoms with van der Waals surface area (Å²) in [6.07, 6.45) is 1.68. The molecule has 2 heterocycles. The summed E-state index contributed by atoms with van der Waals surface area (Å²) in [5.41, 5.74) is -2.44. The van der Waals surface area contributed by atoms with Crippen LogP contribution in [0.3, 0.4) is 0 Å². The number of hydrogen-bond donors (Lipinski definition) is 1. The molecule has 1 aromatic carbocycles. The highest BCUT2D eigenvalue weighted by Gasteiger charge is 2.29. The topological polar surface area (TPSA) is 60.1 Å². The van der Waals surface area contributed by atoms with Gasteiger partial charge in [0.05, 0.1) is 17.9 Å². The molecule has 0 bridgehead atoms. The van der Waals surface area contributed by atoms with Gasteiger partial charge in [-0.15, -0.1) is 0 Å². The molecule has 0 fully saturated rings. The number of pyridine rings is 1. The molecule has 29 heavy (non-hydrogen) atoms. The first-order valence-corrected chi connectivity index (χ1v) is 9.70. The lowest BCUT2D eigenvalue weighted by Gasteiger charge is -2.08. The van der Waals surface area contributed by atoms with Crippen LogP contribution in [-0.4, -0.2) is 24.7 Å². The normalized spacial score (nSPS) is 12.0. The van der Waals surface area contributed by atoms with E-state index in [1.807, 2.05) is 19.9 Å². The van der Waals surface area contributed by atoms with Crippen LogP contribution in [0.2, 0.25) is 0 Å². The summed E-state index contributed by atoms with van der Waals surface area (Å²) in [6.45, 7) is 5.90. The maximum absolute atomic E-state index is 12.9. The quantitative estimate of drug-likeness (QED) is 0.597. The molecule has 0 amide bonds. The van der Waals surface area contributed by atoms with Crippen molar-refractivity contribution in [2.24, 2.45) is 0 Å². The van der Waals surface area contributed by atoms with Gasteiger partial charge in [-0.05, 0) is 66.6 Å². The molecule has 3 aromatic rings. The Morgan fingerprint density at radius 3 is 2.41 bits per heavy atom. The minimum absolute atomic E-state index is 0.00273. The van der Waals surface area contributed by atoms with Crippen LogP contribution in [0.1, 0.15) is 36.7 Å². The molecule has 0 aliphatic heterocycles. The van der Waals surface area contributed by atoms with E-state index in [1.165, 1.54) is 28.8 Å². The Labute approximate surface area is 169 Å². The highest BCUT2D eigenvalue weighted by Crippen LogP contribution is 2.37. The van der Waals surface area contributed by atoms with Crippen LogP contribution < -0.4 is 5.69 Å². The van der Waals surface area contributed by atoms with E-state index in [1.54, 1.807) is 19.2 Å². The van der Waals surface area contributed by atoms with Crippen LogP contribution in [0.4, 0.5) is 13.2 Å². The molecule has 0 spiro atoms. The Bertz CT molecular complexity index is 1070. The van der Waals surface area contributed by atoms with Crippen molar-refractivity contribution in [3.63, 3.8) is 0 Å². The van der Waals surface area contributed by atoms with Gasteiger partial charge < -0.3 is 5.11 Å². The van der Waals surface area contributed by atoms with Crippen molar-refractivity contribution in [1.82, 2.24) is 14.1 Å². The van der Waals surface area contributed by atoms with Crippen molar-refractivity contribution >= 4 is 11.8 Å². The first-order chi connectivity index (χ1) is 13.6. The van der Waals surface area contributed by atoms with Crippen molar-refractivity contribution in [1.29, 1.82) is 0 Å². The second-order valence-corrected chi connectivity index (χ2v) is 8.04. The number of alkyl halides is 3. The SMILES string of the molecule is Cc1c(O)n(-c2ccc(SC(F)(F)F)cc2)c(=O)n1Cc1ccnc(C(C)C)c1. The third-order valence-electron chi connectivity index (χ3n) is 4.47. The van der Waals surface area contributed by atoms with Gasteiger partial charge in [-0.25, -0.2) is 9.36 Å². The zero-order valence-corrected chi connectivity index (χ0v) is 16.9. The van der Waals surface area contributed by atoms with Gasteiger partial charge in [-0.2, -0.15) is 13.2 Å². The Balaban J connectivity index is 1.95. The lowest BCUT2D eigenvalue weighted by atomic mass is 10.1. The molecule has 0 unspecified atom stereocenters. The summed E-state index contributed by atoms with van der Waals surface area (Å²) in [4.78, 5) is 17.2. The molecule has 5 nitrogen and oxygen atoms in total. The summed E-state index contributed by atoms with van der Waals surface area (Å²) in [7, 11) is 0. The Kier molecular flexibility index (Phi) is 5.79. The highest BCUT2D eigenvalue weighted by atomic mass is 32.2. The zero-order chi connectivity index (χ0) is 21.3. The van der Waals surface area contributed by atoms with Gasteiger partial charge in [-0.1, -0.05) is 13.8 Å². The number of halogens is 3. The van der Waals surface area contributed by atoms with Crippen LogP contribution in [-0.2, 0) is 6.54 Å². The summed E-state index contributed by atoms with van der Waals surface area (Å²) < 4.78 is 40.0. The van der Waals surface area contributed by atoms with E-state index < -0.39 is 11.2 Å². The molecule has 0 aliphatic carbocycles. The second-order valence-electron chi connectivity index (χ2n) is 6.90. The minimum Gasteiger partial charge on any atom is -0.493 e. The molecule has 0 radical (unpaired) electrons. The molecule has 9 heteroatoms. The molecular weight excluding hydrogens is 403 g/mol. The summed E-state index contributed by atoms with van der Waals surface area (Å²) in [5, 5.41) is 10.5. The van der Waals surface area contributed by atoms with Crippen molar-refractivity contribution in [3.8, 4) is 11.6 Å². The van der Waals surface area contributed by atoms with E-state index in [-0.39, 0.29) is 35.0 Å². The molecular formula is C20H20F3N3O2S. The van der Waals surface area contributed by atoms with Crippen LogP contribution in [0, 0.1) is 6.92 Å². The van der Waals surface area contributed by atoms with Gasteiger partial charge >= 0.3 is 11.2 Å². The molecule has 154 valence electrons. The van der Waals surface area contributed by atoms with Gasteiger partial charge in [-0.3, -0.25) is 9.55 Å². The molecule has 0 aliphatic rings. The summed E-state index contributed by atoms with van der Waals surface area (Å²) in [5.74, 6) is -0.0109. The fraction of sp³-hybridized carbons (Fsp3) is 0.300. The molecule has 0 saturated carbocycles. The number of hydrogen-bond acceptors (Lipinski definition) is 4. The summed E-state index contributed by atoms with van der Waals surface area (Å²) >= 11 is -0.234. The number of aromatic nitrogens is 3. The average Bonchev–Trinajstić information content (AvgIpc) is 2.85. The number of nitrogens with zero attached hydrogens (tertiary/aromatic N) is 3. The standard InChI is InChI=1S/C20H20F3N3O2S/c1-12(2)17-10-14(8-9-24-17)11-25-13(3)18(27)26(19(25)28)15-4-6-16(7-5-15)29-20(21,22)23/h4-10,12,27H,11H2,1-3H3. The Morgan fingerprint density at radius 1 is 1.17 bits per heavy atom. The third-order valence-corrected chi connectivity index (χ3v) is 5.21. The minimum atomic E-state index is -4.39. The van der Waals surface area contributed by atoms with E-state index in [2.05, 4.69) is 4.98 Å². The second kappa shape index (κ2) is 7.98. The Hall–Kier alpha value is -2.68. The van der Waals surface area contributed by atoms with Crippen molar-refractivity contribution < 1.29 is 18.3 Å². The van der Waals surface area contributed by atoms with Crippen LogP contribution >= 0.6 is 11.8 Å². The molecule has 3 rings (SSSR count). The maximum Gasteiger partial charge on any atom is 0.446 e. The van der Waals surface area contributed by atoms with Crippen molar-refractivity contribution in [2.75, 3.05) is 0 Å². The fourth-order valence-corrected chi connectivity index (χ4v) is 3.48. The van der Waals surface area contributed by atoms with Gasteiger partial charge in [0.1, 0.15) is 0 Å². The number of thioether (sulfide) groups is 1. The number of aromatic hydroxyl groups is 1. The average molecular weight is 423 g/mol. The van der Waals surface area contributed by atoms with Crippen molar-refractivity contribution in [3.05, 3.63) is 70.0 Å². The summed E-state index contributed by atoms with van der Waals surface area (Å²) in [6, 6.07) is 9.00. The lowest BCUT2D eigenvalue weighted by molar-refractivity contribution is -0.0328. The van der Waals surface area contributed by atoms with Crippen LogP contribution in [0.5, 0.6) is 5.88 Å². The number of rotatable bonds is 5. The van der Waals surface area contributed by atoms with Gasteiger partial charge in [0.2, 0.25) is 5.88 Å². The highest BCUT2D eigenvalue weighted by molar-refractivity contribution is 8.00. The third kappa shape index (κ3) is 4.67. The Morgan fingerprint density at radius 2 is 1.83 bits per heavy atom. The van der Waals surface area contributed by atoms with E-state index >= 15 is 0 Å². The van der Waals surface area contributed by atoms with Gasteiger partial charge in [0.25, 0.3) is 0 Å². The van der Waals surface area contributed by atoms with Gasteiger partial charge in [0, 0.05) is 16.8 Å². The van der Waals surface area contributed by atoms with E-state index in [0.29, 0.717) is 11.4 Å². The van der Waals surface area contributed by atoms with E-state index in [0.717, 1.165) is 15.8 Å². The largest absolute Gasteiger partial charge is 0.493 e. The molecule has 1 N–H and O–H groups in total.